The Bertz CT molecular complexity index is 546. The van der Waals surface area contributed by atoms with Gasteiger partial charge in [-0.3, -0.25) is 0 Å². The molecular weight excluding hydrogens is 310 g/mol. The number of sulfonamides is 1. The van der Waals surface area contributed by atoms with Crippen molar-refractivity contribution in [2.24, 2.45) is 0 Å². The van der Waals surface area contributed by atoms with Crippen molar-refractivity contribution in [2.75, 3.05) is 19.7 Å². The van der Waals surface area contributed by atoms with Gasteiger partial charge in [0.2, 0.25) is 10.0 Å². The highest BCUT2D eigenvalue weighted by Gasteiger charge is 2.23. The van der Waals surface area contributed by atoms with E-state index >= 15 is 0 Å². The second-order valence-electron chi connectivity index (χ2n) is 4.69. The van der Waals surface area contributed by atoms with Crippen molar-refractivity contribution in [3.05, 3.63) is 23.8 Å². The van der Waals surface area contributed by atoms with Gasteiger partial charge in [-0.2, -0.15) is 4.31 Å². The Morgan fingerprint density at radius 1 is 1.24 bits per heavy atom. The van der Waals surface area contributed by atoms with Crippen LogP contribution in [0.2, 0.25) is 0 Å². The van der Waals surface area contributed by atoms with Gasteiger partial charge in [-0.15, -0.1) is 11.6 Å². The zero-order valence-corrected chi connectivity index (χ0v) is 14.5. The lowest BCUT2D eigenvalue weighted by Gasteiger charge is -2.21. The topological polar surface area (TPSA) is 46.6 Å². The third-order valence-electron chi connectivity index (χ3n) is 3.23. The van der Waals surface area contributed by atoms with Crippen molar-refractivity contribution < 1.29 is 13.2 Å². The number of hydrogen-bond acceptors (Lipinski definition) is 3. The molecule has 120 valence electrons. The van der Waals surface area contributed by atoms with E-state index in [9.17, 15) is 8.42 Å². The summed E-state index contributed by atoms with van der Waals surface area (Å²) >= 11 is 5.90. The van der Waals surface area contributed by atoms with Crippen LogP contribution in [-0.4, -0.2) is 32.4 Å². The SMILES string of the molecule is CCCCN(CC)S(=O)(=O)c1ccc(OCC)c(CCl)c1. The van der Waals surface area contributed by atoms with Gasteiger partial charge in [-0.05, 0) is 31.5 Å². The molecule has 0 amide bonds. The van der Waals surface area contributed by atoms with Crippen LogP contribution in [0.1, 0.15) is 39.2 Å². The smallest absolute Gasteiger partial charge is 0.243 e. The highest BCUT2D eigenvalue weighted by Crippen LogP contribution is 2.26. The second kappa shape index (κ2) is 8.61. The average molecular weight is 334 g/mol. The minimum atomic E-state index is -3.47. The van der Waals surface area contributed by atoms with Crippen molar-refractivity contribution in [1.82, 2.24) is 4.31 Å². The van der Waals surface area contributed by atoms with E-state index in [1.54, 1.807) is 18.2 Å². The van der Waals surface area contributed by atoms with Crippen molar-refractivity contribution >= 4 is 21.6 Å². The van der Waals surface area contributed by atoms with Crippen LogP contribution in [0.25, 0.3) is 0 Å². The van der Waals surface area contributed by atoms with Gasteiger partial charge in [-0.25, -0.2) is 8.42 Å². The van der Waals surface area contributed by atoms with Crippen LogP contribution in [0.15, 0.2) is 23.1 Å². The molecule has 0 unspecified atom stereocenters. The molecule has 1 aromatic carbocycles. The van der Waals surface area contributed by atoms with E-state index in [1.807, 2.05) is 20.8 Å². The van der Waals surface area contributed by atoms with E-state index in [0.717, 1.165) is 12.8 Å². The molecule has 4 nitrogen and oxygen atoms in total. The molecule has 0 aromatic heterocycles. The maximum Gasteiger partial charge on any atom is 0.243 e. The number of rotatable bonds is 9. The van der Waals surface area contributed by atoms with Gasteiger partial charge in [0, 0.05) is 18.7 Å². The largest absolute Gasteiger partial charge is 0.494 e. The molecule has 1 rings (SSSR count). The molecule has 0 aliphatic heterocycles. The Kier molecular flexibility index (Phi) is 7.49. The molecular formula is C15H24ClNO3S. The molecule has 0 aliphatic carbocycles. The summed E-state index contributed by atoms with van der Waals surface area (Å²) in [6.45, 7) is 7.30. The monoisotopic (exact) mass is 333 g/mol. The molecule has 0 spiro atoms. The Hall–Kier alpha value is -0.780. The van der Waals surface area contributed by atoms with Crippen LogP contribution in [0.5, 0.6) is 5.75 Å². The fourth-order valence-electron chi connectivity index (χ4n) is 2.05. The number of ether oxygens (including phenoxy) is 1. The Morgan fingerprint density at radius 3 is 2.48 bits per heavy atom. The summed E-state index contributed by atoms with van der Waals surface area (Å²) in [6.07, 6.45) is 1.81. The predicted molar refractivity (Wildman–Crippen MR) is 86.5 cm³/mol. The predicted octanol–water partition coefficient (Wildman–Crippen LogP) is 3.63. The van der Waals surface area contributed by atoms with E-state index in [-0.39, 0.29) is 10.8 Å². The first-order valence-corrected chi connectivity index (χ1v) is 9.30. The van der Waals surface area contributed by atoms with Crippen LogP contribution in [-0.2, 0) is 15.9 Å². The normalized spacial score (nSPS) is 11.9. The van der Waals surface area contributed by atoms with Crippen LogP contribution in [0.3, 0.4) is 0 Å². The molecule has 0 saturated heterocycles. The van der Waals surface area contributed by atoms with E-state index in [0.29, 0.717) is 31.0 Å². The van der Waals surface area contributed by atoms with Crippen LogP contribution < -0.4 is 4.74 Å². The molecule has 6 heteroatoms. The Labute approximate surface area is 133 Å². The number of nitrogens with zero attached hydrogens (tertiary/aromatic N) is 1. The molecule has 0 aliphatic rings. The van der Waals surface area contributed by atoms with Crippen molar-refractivity contribution in [1.29, 1.82) is 0 Å². The summed E-state index contributed by atoms with van der Waals surface area (Å²) in [5.41, 5.74) is 0.700. The first-order valence-electron chi connectivity index (χ1n) is 7.33. The third-order valence-corrected chi connectivity index (χ3v) is 5.49. The number of alkyl halides is 1. The van der Waals surface area contributed by atoms with E-state index in [1.165, 1.54) is 4.31 Å². The van der Waals surface area contributed by atoms with Gasteiger partial charge in [0.1, 0.15) is 5.75 Å². The first kappa shape index (κ1) is 18.3. The summed E-state index contributed by atoms with van der Waals surface area (Å²) in [5.74, 6) is 0.864. The van der Waals surface area contributed by atoms with Gasteiger partial charge in [0.15, 0.2) is 0 Å². The molecule has 0 N–H and O–H groups in total. The van der Waals surface area contributed by atoms with Crippen molar-refractivity contribution in [3.8, 4) is 5.75 Å². The summed E-state index contributed by atoms with van der Waals surface area (Å²) in [6, 6.07) is 4.88. The first-order chi connectivity index (χ1) is 10.0. The molecule has 0 bridgehead atoms. The zero-order chi connectivity index (χ0) is 15.9. The van der Waals surface area contributed by atoms with Gasteiger partial charge < -0.3 is 4.74 Å². The van der Waals surface area contributed by atoms with E-state index < -0.39 is 10.0 Å². The highest BCUT2D eigenvalue weighted by atomic mass is 35.5. The van der Waals surface area contributed by atoms with Crippen LogP contribution in [0, 0.1) is 0 Å². The van der Waals surface area contributed by atoms with Crippen LogP contribution in [0.4, 0.5) is 0 Å². The number of unbranched alkanes of at least 4 members (excludes halogenated alkanes) is 1. The molecule has 21 heavy (non-hydrogen) atoms. The lowest BCUT2D eigenvalue weighted by Crippen LogP contribution is -2.31. The molecule has 0 atom stereocenters. The minimum Gasteiger partial charge on any atom is -0.494 e. The fourth-order valence-corrected chi connectivity index (χ4v) is 3.80. The highest BCUT2D eigenvalue weighted by molar-refractivity contribution is 7.89. The van der Waals surface area contributed by atoms with Gasteiger partial charge in [0.05, 0.1) is 17.4 Å². The fraction of sp³-hybridized carbons (Fsp3) is 0.600. The lowest BCUT2D eigenvalue weighted by molar-refractivity contribution is 0.337. The zero-order valence-electron chi connectivity index (χ0n) is 12.9. The van der Waals surface area contributed by atoms with Crippen molar-refractivity contribution in [3.63, 3.8) is 0 Å². The number of halogens is 1. The Balaban J connectivity index is 3.12. The summed E-state index contributed by atoms with van der Waals surface area (Å²) < 4.78 is 32.3. The quantitative estimate of drug-likeness (QED) is 0.648. The molecule has 0 fully saturated rings. The maximum absolute atomic E-state index is 12.6. The molecule has 0 heterocycles. The van der Waals surface area contributed by atoms with Gasteiger partial charge in [0.25, 0.3) is 0 Å². The molecule has 0 saturated carbocycles. The summed E-state index contributed by atoms with van der Waals surface area (Å²) in [5, 5.41) is 0. The van der Waals surface area contributed by atoms with Gasteiger partial charge >= 0.3 is 0 Å². The Morgan fingerprint density at radius 2 is 1.95 bits per heavy atom. The number of benzene rings is 1. The second-order valence-corrected chi connectivity index (χ2v) is 6.89. The molecule has 1 aromatic rings. The average Bonchev–Trinajstić information content (AvgIpc) is 2.48. The summed E-state index contributed by atoms with van der Waals surface area (Å²) in [7, 11) is -3.47. The van der Waals surface area contributed by atoms with Crippen LogP contribution >= 0.6 is 11.6 Å². The summed E-state index contributed by atoms with van der Waals surface area (Å²) in [4.78, 5) is 0.277. The minimum absolute atomic E-state index is 0.222. The third kappa shape index (κ3) is 4.59. The van der Waals surface area contributed by atoms with E-state index in [2.05, 4.69) is 0 Å². The van der Waals surface area contributed by atoms with Gasteiger partial charge in [-0.1, -0.05) is 20.3 Å². The maximum atomic E-state index is 12.6. The lowest BCUT2D eigenvalue weighted by atomic mass is 10.2. The standard InChI is InChI=1S/C15H24ClNO3S/c1-4-7-10-17(5-2)21(18,19)14-8-9-15(20-6-3)13(11-14)12-16/h8-9,11H,4-7,10,12H2,1-3H3. The molecule has 0 radical (unpaired) electrons. The van der Waals surface area contributed by atoms with Crippen molar-refractivity contribution in [2.45, 2.75) is 44.4 Å². The van der Waals surface area contributed by atoms with E-state index in [4.69, 9.17) is 16.3 Å². The number of hydrogen-bond donors (Lipinski definition) is 0.